The predicted molar refractivity (Wildman–Crippen MR) is 110 cm³/mol. The SMILES string of the molecule is CNS(=O)(=O)Cc1ccc(CNC(=O)NCCOc2cc(C)cc(C)c2)cc1. The lowest BCUT2D eigenvalue weighted by Gasteiger charge is -2.10. The molecule has 0 aliphatic rings. The maximum Gasteiger partial charge on any atom is 0.315 e. The molecule has 0 atom stereocenters. The first-order chi connectivity index (χ1) is 13.3. The summed E-state index contributed by atoms with van der Waals surface area (Å²) >= 11 is 0. The topological polar surface area (TPSA) is 96.5 Å². The number of carbonyl (C=O) groups is 1. The number of hydrogen-bond acceptors (Lipinski definition) is 4. The van der Waals surface area contributed by atoms with Gasteiger partial charge in [-0.15, -0.1) is 0 Å². The van der Waals surface area contributed by atoms with Crippen LogP contribution in [0.5, 0.6) is 5.75 Å². The molecule has 2 aromatic carbocycles. The number of rotatable bonds is 9. The van der Waals surface area contributed by atoms with Crippen molar-refractivity contribution in [3.63, 3.8) is 0 Å². The average molecular weight is 406 g/mol. The maximum absolute atomic E-state index is 11.9. The molecule has 2 aromatic rings. The van der Waals surface area contributed by atoms with E-state index < -0.39 is 10.0 Å². The van der Waals surface area contributed by atoms with Gasteiger partial charge in [-0.1, -0.05) is 30.3 Å². The van der Waals surface area contributed by atoms with Crippen LogP contribution in [0.4, 0.5) is 4.79 Å². The number of urea groups is 1. The van der Waals surface area contributed by atoms with Crippen molar-refractivity contribution in [2.24, 2.45) is 0 Å². The summed E-state index contributed by atoms with van der Waals surface area (Å²) in [4.78, 5) is 11.9. The number of benzene rings is 2. The van der Waals surface area contributed by atoms with Crippen LogP contribution in [0.1, 0.15) is 22.3 Å². The monoisotopic (exact) mass is 405 g/mol. The molecule has 2 amide bonds. The Balaban J connectivity index is 1.69. The molecule has 28 heavy (non-hydrogen) atoms. The highest BCUT2D eigenvalue weighted by Crippen LogP contribution is 2.15. The zero-order valence-corrected chi connectivity index (χ0v) is 17.2. The van der Waals surface area contributed by atoms with Crippen molar-refractivity contribution in [3.05, 3.63) is 64.7 Å². The molecule has 0 saturated carbocycles. The van der Waals surface area contributed by atoms with Crippen LogP contribution in [-0.2, 0) is 22.3 Å². The smallest absolute Gasteiger partial charge is 0.315 e. The highest BCUT2D eigenvalue weighted by atomic mass is 32.2. The summed E-state index contributed by atoms with van der Waals surface area (Å²) in [7, 11) is -1.90. The van der Waals surface area contributed by atoms with Crippen LogP contribution in [0.15, 0.2) is 42.5 Å². The summed E-state index contributed by atoms with van der Waals surface area (Å²) in [6.45, 7) is 5.14. The summed E-state index contributed by atoms with van der Waals surface area (Å²) in [6, 6.07) is 12.8. The molecule has 3 N–H and O–H groups in total. The Labute approximate surface area is 166 Å². The Morgan fingerprint density at radius 3 is 2.18 bits per heavy atom. The zero-order valence-electron chi connectivity index (χ0n) is 16.4. The molecule has 152 valence electrons. The van der Waals surface area contributed by atoms with Crippen molar-refractivity contribution in [3.8, 4) is 5.75 Å². The minimum Gasteiger partial charge on any atom is -0.492 e. The molecule has 2 rings (SSSR count). The van der Waals surface area contributed by atoms with Gasteiger partial charge in [-0.25, -0.2) is 17.9 Å². The first-order valence-corrected chi connectivity index (χ1v) is 10.6. The summed E-state index contributed by atoms with van der Waals surface area (Å²) in [5.41, 5.74) is 3.84. The van der Waals surface area contributed by atoms with E-state index in [2.05, 4.69) is 21.4 Å². The van der Waals surface area contributed by atoms with Crippen LogP contribution in [0, 0.1) is 13.8 Å². The van der Waals surface area contributed by atoms with Crippen LogP contribution in [0.2, 0.25) is 0 Å². The van der Waals surface area contributed by atoms with Gasteiger partial charge in [-0.3, -0.25) is 0 Å². The molecule has 8 heteroatoms. The van der Waals surface area contributed by atoms with Crippen LogP contribution in [0.25, 0.3) is 0 Å². The Morgan fingerprint density at radius 2 is 1.57 bits per heavy atom. The molecular weight excluding hydrogens is 378 g/mol. The van der Waals surface area contributed by atoms with Gasteiger partial charge in [0, 0.05) is 6.54 Å². The Morgan fingerprint density at radius 1 is 0.964 bits per heavy atom. The third-order valence-electron chi connectivity index (χ3n) is 4.00. The summed E-state index contributed by atoms with van der Waals surface area (Å²) in [5, 5.41) is 5.50. The molecular formula is C20H27N3O4S. The highest BCUT2D eigenvalue weighted by molar-refractivity contribution is 7.88. The number of aryl methyl sites for hydroxylation is 2. The second kappa shape index (κ2) is 10.1. The van der Waals surface area contributed by atoms with Gasteiger partial charge in [-0.2, -0.15) is 0 Å². The molecule has 0 radical (unpaired) electrons. The van der Waals surface area contributed by atoms with Gasteiger partial charge in [0.25, 0.3) is 0 Å². The lowest BCUT2D eigenvalue weighted by atomic mass is 10.1. The van der Waals surface area contributed by atoms with Crippen molar-refractivity contribution in [1.29, 1.82) is 0 Å². The molecule has 0 saturated heterocycles. The number of hydrogen-bond donors (Lipinski definition) is 3. The second-order valence-electron chi connectivity index (χ2n) is 6.56. The van der Waals surface area contributed by atoms with Crippen molar-refractivity contribution < 1.29 is 17.9 Å². The molecule has 0 unspecified atom stereocenters. The number of nitrogens with one attached hydrogen (secondary N) is 3. The minimum atomic E-state index is -3.29. The maximum atomic E-state index is 11.9. The van der Waals surface area contributed by atoms with Gasteiger partial charge in [0.15, 0.2) is 0 Å². The fraction of sp³-hybridized carbons (Fsp3) is 0.350. The van der Waals surface area contributed by atoms with Gasteiger partial charge < -0.3 is 15.4 Å². The van der Waals surface area contributed by atoms with E-state index in [0.29, 0.717) is 25.3 Å². The summed E-state index contributed by atoms with van der Waals surface area (Å²) in [5.74, 6) is 0.720. The fourth-order valence-corrected chi connectivity index (χ4v) is 3.42. The fourth-order valence-electron chi connectivity index (χ4n) is 2.64. The first kappa shape index (κ1) is 21.7. The van der Waals surface area contributed by atoms with Crippen molar-refractivity contribution >= 4 is 16.1 Å². The van der Waals surface area contributed by atoms with E-state index in [0.717, 1.165) is 22.4 Å². The van der Waals surface area contributed by atoms with E-state index in [-0.39, 0.29) is 11.8 Å². The molecule has 7 nitrogen and oxygen atoms in total. The number of amides is 2. The predicted octanol–water partition coefficient (Wildman–Crippen LogP) is 2.23. The molecule has 0 bridgehead atoms. The number of ether oxygens (including phenoxy) is 1. The van der Waals surface area contributed by atoms with E-state index in [1.54, 1.807) is 24.3 Å². The molecule has 0 heterocycles. The number of carbonyl (C=O) groups excluding carboxylic acids is 1. The van der Waals surface area contributed by atoms with Crippen molar-refractivity contribution in [2.75, 3.05) is 20.2 Å². The summed E-state index contributed by atoms with van der Waals surface area (Å²) in [6.07, 6.45) is 0. The molecule has 0 aliphatic heterocycles. The van der Waals surface area contributed by atoms with Gasteiger partial charge in [0.1, 0.15) is 12.4 Å². The van der Waals surface area contributed by atoms with Crippen LogP contribution in [-0.4, -0.2) is 34.6 Å². The average Bonchev–Trinajstić information content (AvgIpc) is 2.64. The first-order valence-electron chi connectivity index (χ1n) is 8.99. The lowest BCUT2D eigenvalue weighted by molar-refractivity contribution is 0.236. The van der Waals surface area contributed by atoms with Gasteiger partial charge >= 0.3 is 6.03 Å². The lowest BCUT2D eigenvalue weighted by Crippen LogP contribution is -2.37. The van der Waals surface area contributed by atoms with Crippen LogP contribution in [0.3, 0.4) is 0 Å². The quantitative estimate of drug-likeness (QED) is 0.558. The molecule has 0 aliphatic carbocycles. The van der Waals surface area contributed by atoms with E-state index in [1.807, 2.05) is 26.0 Å². The normalized spacial score (nSPS) is 11.1. The van der Waals surface area contributed by atoms with Crippen molar-refractivity contribution in [1.82, 2.24) is 15.4 Å². The molecule has 0 spiro atoms. The summed E-state index contributed by atoms with van der Waals surface area (Å²) < 4.78 is 31.0. The van der Waals surface area contributed by atoms with E-state index in [9.17, 15) is 13.2 Å². The number of sulfonamides is 1. The third-order valence-corrected chi connectivity index (χ3v) is 5.33. The van der Waals surface area contributed by atoms with E-state index in [1.165, 1.54) is 7.05 Å². The van der Waals surface area contributed by atoms with Gasteiger partial charge in [0.05, 0.1) is 12.3 Å². The largest absolute Gasteiger partial charge is 0.492 e. The van der Waals surface area contributed by atoms with E-state index in [4.69, 9.17) is 4.74 Å². The van der Waals surface area contributed by atoms with Crippen LogP contribution < -0.4 is 20.1 Å². The molecule has 0 fully saturated rings. The zero-order chi connectivity index (χ0) is 20.6. The standard InChI is InChI=1S/C20H27N3O4S/c1-15-10-16(2)12-19(11-15)27-9-8-22-20(24)23-13-17-4-6-18(7-5-17)14-28(25,26)21-3/h4-7,10-12,21H,8-9,13-14H2,1-3H3,(H2,22,23,24). The minimum absolute atomic E-state index is 0.0713. The van der Waals surface area contributed by atoms with Crippen molar-refractivity contribution in [2.45, 2.75) is 26.1 Å². The van der Waals surface area contributed by atoms with Crippen LogP contribution >= 0.6 is 0 Å². The highest BCUT2D eigenvalue weighted by Gasteiger charge is 2.08. The molecule has 0 aromatic heterocycles. The Hall–Kier alpha value is -2.58. The third kappa shape index (κ3) is 7.58. The Kier molecular flexibility index (Phi) is 7.83. The second-order valence-corrected chi connectivity index (χ2v) is 8.49. The van der Waals surface area contributed by atoms with Gasteiger partial charge in [-0.05, 0) is 55.3 Å². The van der Waals surface area contributed by atoms with E-state index >= 15 is 0 Å². The van der Waals surface area contributed by atoms with Gasteiger partial charge in [0.2, 0.25) is 10.0 Å². The Bertz CT molecular complexity index is 876.